The van der Waals surface area contributed by atoms with E-state index >= 15 is 0 Å². The van der Waals surface area contributed by atoms with Crippen molar-refractivity contribution in [2.24, 2.45) is 23.7 Å². The van der Waals surface area contributed by atoms with Crippen molar-refractivity contribution < 1.29 is 29.0 Å². The molecule has 2 amide bonds. The summed E-state index contributed by atoms with van der Waals surface area (Å²) in [4.78, 5) is 46.0. The molecule has 1 spiro atoms. The molecule has 3 saturated heterocycles. The number of carbonyl (C=O) groups is 3. The third-order valence-corrected chi connectivity index (χ3v) is 9.48. The number of amides is 2. The molecule has 3 aliphatic rings. The topological polar surface area (TPSA) is 96.4 Å². The summed E-state index contributed by atoms with van der Waals surface area (Å²) >= 11 is 0. The normalized spacial score (nSPS) is 30.8. The van der Waals surface area contributed by atoms with Gasteiger partial charge in [-0.05, 0) is 50.0 Å². The third kappa shape index (κ3) is 5.37. The summed E-state index contributed by atoms with van der Waals surface area (Å²) in [6, 6.07) is 8.07. The van der Waals surface area contributed by atoms with E-state index in [0.717, 1.165) is 18.4 Å². The number of benzene rings is 1. The van der Waals surface area contributed by atoms with Crippen LogP contribution in [0.1, 0.15) is 58.9 Å². The van der Waals surface area contributed by atoms with Gasteiger partial charge in [-0.2, -0.15) is 0 Å². The molecule has 1 aromatic carbocycles. The highest BCUT2D eigenvalue weighted by Crippen LogP contribution is 2.65. The number of unbranched alkanes of at least 4 members (excludes halogenated alkanes) is 2. The predicted molar refractivity (Wildman–Crippen MR) is 156 cm³/mol. The molecule has 2 bridgehead atoms. The number of ether oxygens (including phenoxy) is 2. The first-order valence-corrected chi connectivity index (χ1v) is 14.9. The Balaban J connectivity index is 1.75. The first-order chi connectivity index (χ1) is 19.6. The predicted octanol–water partition coefficient (Wildman–Crippen LogP) is 4.13. The van der Waals surface area contributed by atoms with Crippen LogP contribution in [0, 0.1) is 23.7 Å². The lowest BCUT2D eigenvalue weighted by Gasteiger charge is -2.40. The second-order valence-electron chi connectivity index (χ2n) is 12.4. The Morgan fingerprint density at radius 2 is 1.93 bits per heavy atom. The highest BCUT2D eigenvalue weighted by atomic mass is 16.6. The second-order valence-corrected chi connectivity index (χ2v) is 12.4. The fraction of sp³-hybridized carbons (Fsp3) is 0.606. The molecule has 4 rings (SSSR count). The number of likely N-dealkylation sites (tertiary alicyclic amines) is 1. The molecule has 0 radical (unpaired) electrons. The average Bonchev–Trinajstić information content (AvgIpc) is 3.45. The van der Waals surface area contributed by atoms with E-state index in [1.165, 1.54) is 0 Å². The number of nitrogens with zero attached hydrogens (tertiary/aromatic N) is 2. The molecule has 7 atom stereocenters. The number of carbonyl (C=O) groups excluding carboxylic acids is 3. The van der Waals surface area contributed by atoms with Crippen molar-refractivity contribution in [3.63, 3.8) is 0 Å². The standard InChI is InChI=1S/C33H46N2O6/c1-7-9-10-14-18-40-31(39)27-26-29(37)35(25(21-36)22(3)4)28(33(26)19-23(5)32(27,6)41-33)30(38)34(17-8-2)20-24-15-12-11-13-16-24/h7-8,11-13,15-16,22-23,25-28,36H,1-2,9-10,14,17-21H2,3-6H3/t23?,25-,26-,27+,28?,32-,33?/m0/s1. The molecule has 1 aromatic rings. The highest BCUT2D eigenvalue weighted by molar-refractivity contribution is 5.98. The monoisotopic (exact) mass is 566 g/mol. The van der Waals surface area contributed by atoms with Crippen molar-refractivity contribution in [3.8, 4) is 0 Å². The maximum Gasteiger partial charge on any atom is 0.312 e. The van der Waals surface area contributed by atoms with E-state index in [4.69, 9.17) is 9.47 Å². The number of allylic oxidation sites excluding steroid dienone is 1. The van der Waals surface area contributed by atoms with E-state index in [2.05, 4.69) is 13.2 Å². The van der Waals surface area contributed by atoms with Gasteiger partial charge < -0.3 is 24.4 Å². The number of aliphatic hydroxyl groups is 1. The van der Waals surface area contributed by atoms with Crippen LogP contribution in [-0.4, -0.2) is 75.7 Å². The maximum absolute atomic E-state index is 14.6. The van der Waals surface area contributed by atoms with E-state index in [1.54, 1.807) is 15.9 Å². The summed E-state index contributed by atoms with van der Waals surface area (Å²) in [6.07, 6.45) is 6.36. The molecule has 3 aliphatic heterocycles. The fourth-order valence-corrected chi connectivity index (χ4v) is 7.31. The number of hydrogen-bond donors (Lipinski definition) is 1. The Hall–Kier alpha value is -2.97. The zero-order chi connectivity index (χ0) is 29.9. The Bertz CT molecular complexity index is 1140. The summed E-state index contributed by atoms with van der Waals surface area (Å²) in [5, 5.41) is 10.5. The van der Waals surface area contributed by atoms with Gasteiger partial charge in [0.25, 0.3) is 0 Å². The van der Waals surface area contributed by atoms with Gasteiger partial charge in [0.15, 0.2) is 0 Å². The van der Waals surface area contributed by atoms with Gasteiger partial charge in [-0.15, -0.1) is 13.2 Å². The molecule has 0 saturated carbocycles. The van der Waals surface area contributed by atoms with Crippen LogP contribution in [0.3, 0.4) is 0 Å². The quantitative estimate of drug-likeness (QED) is 0.207. The summed E-state index contributed by atoms with van der Waals surface area (Å²) in [5.74, 6) is -2.97. The van der Waals surface area contributed by atoms with E-state index in [-0.39, 0.29) is 43.4 Å². The van der Waals surface area contributed by atoms with E-state index in [1.807, 2.05) is 64.1 Å². The van der Waals surface area contributed by atoms with Crippen LogP contribution in [-0.2, 0) is 30.4 Å². The number of esters is 1. The van der Waals surface area contributed by atoms with Gasteiger partial charge in [0, 0.05) is 13.1 Å². The Labute approximate surface area is 244 Å². The summed E-state index contributed by atoms with van der Waals surface area (Å²) < 4.78 is 12.6. The van der Waals surface area contributed by atoms with Gasteiger partial charge in [-0.1, -0.05) is 63.3 Å². The summed E-state index contributed by atoms with van der Waals surface area (Å²) in [5.41, 5.74) is -1.20. The number of hydrogen-bond acceptors (Lipinski definition) is 6. The van der Waals surface area contributed by atoms with Crippen LogP contribution in [0.5, 0.6) is 0 Å². The zero-order valence-electron chi connectivity index (χ0n) is 25.0. The summed E-state index contributed by atoms with van der Waals surface area (Å²) in [7, 11) is 0. The fourth-order valence-electron chi connectivity index (χ4n) is 7.31. The molecule has 224 valence electrons. The minimum absolute atomic E-state index is 0.0891. The van der Waals surface area contributed by atoms with Gasteiger partial charge in [0.1, 0.15) is 17.6 Å². The minimum Gasteiger partial charge on any atom is -0.465 e. The third-order valence-electron chi connectivity index (χ3n) is 9.48. The molecule has 0 aromatic heterocycles. The molecule has 0 aliphatic carbocycles. The lowest BCUT2D eigenvalue weighted by molar-refractivity contribution is -0.164. The molecule has 3 fully saturated rings. The molecule has 41 heavy (non-hydrogen) atoms. The highest BCUT2D eigenvalue weighted by Gasteiger charge is 2.80. The second kappa shape index (κ2) is 12.5. The Kier molecular flexibility index (Phi) is 9.44. The minimum atomic E-state index is -1.20. The number of fused-ring (bicyclic) bond motifs is 1. The van der Waals surface area contributed by atoms with Crippen LogP contribution < -0.4 is 0 Å². The van der Waals surface area contributed by atoms with Crippen LogP contribution in [0.25, 0.3) is 0 Å². The van der Waals surface area contributed by atoms with E-state index in [9.17, 15) is 19.5 Å². The van der Waals surface area contributed by atoms with E-state index < -0.39 is 41.1 Å². The molecular formula is C33H46N2O6. The SMILES string of the molecule is C=CCCCCOC(=O)[C@H]1[C@H]2C(=O)N([C@@H](CO)C(C)C)C(C(=O)N(CC=C)Cc3ccccc3)C23CC(C)[C@]1(C)O3. The van der Waals surface area contributed by atoms with E-state index in [0.29, 0.717) is 19.4 Å². The van der Waals surface area contributed by atoms with Crippen LogP contribution in [0.15, 0.2) is 55.6 Å². The van der Waals surface area contributed by atoms with Gasteiger partial charge in [0.05, 0.1) is 30.8 Å². The van der Waals surface area contributed by atoms with Crippen LogP contribution in [0.4, 0.5) is 0 Å². The molecule has 8 heteroatoms. The largest absolute Gasteiger partial charge is 0.465 e. The van der Waals surface area contributed by atoms with Gasteiger partial charge in [-0.3, -0.25) is 14.4 Å². The van der Waals surface area contributed by atoms with Crippen LogP contribution >= 0.6 is 0 Å². The van der Waals surface area contributed by atoms with Crippen molar-refractivity contribution in [2.75, 3.05) is 19.8 Å². The number of rotatable bonds is 14. The molecule has 8 nitrogen and oxygen atoms in total. The van der Waals surface area contributed by atoms with Gasteiger partial charge in [-0.25, -0.2) is 0 Å². The first kappa shape index (κ1) is 31.0. The van der Waals surface area contributed by atoms with Crippen molar-refractivity contribution >= 4 is 17.8 Å². The zero-order valence-corrected chi connectivity index (χ0v) is 25.0. The van der Waals surface area contributed by atoms with Crippen molar-refractivity contribution in [2.45, 2.75) is 83.2 Å². The van der Waals surface area contributed by atoms with Crippen molar-refractivity contribution in [3.05, 3.63) is 61.2 Å². The summed E-state index contributed by atoms with van der Waals surface area (Å²) in [6.45, 7) is 15.9. The van der Waals surface area contributed by atoms with Crippen LogP contribution in [0.2, 0.25) is 0 Å². The molecule has 3 heterocycles. The molecular weight excluding hydrogens is 520 g/mol. The number of aliphatic hydroxyl groups excluding tert-OH is 1. The lowest BCUT2D eigenvalue weighted by atomic mass is 9.62. The average molecular weight is 567 g/mol. The maximum atomic E-state index is 14.6. The van der Waals surface area contributed by atoms with Crippen molar-refractivity contribution in [1.29, 1.82) is 0 Å². The molecule has 3 unspecified atom stereocenters. The Morgan fingerprint density at radius 1 is 1.22 bits per heavy atom. The Morgan fingerprint density at radius 3 is 2.54 bits per heavy atom. The lowest BCUT2D eigenvalue weighted by Crippen LogP contribution is -2.59. The van der Waals surface area contributed by atoms with Crippen molar-refractivity contribution in [1.82, 2.24) is 9.80 Å². The van der Waals surface area contributed by atoms with Gasteiger partial charge >= 0.3 is 5.97 Å². The molecule has 1 N–H and O–H groups in total. The van der Waals surface area contributed by atoms with Gasteiger partial charge in [0.2, 0.25) is 11.8 Å². The smallest absolute Gasteiger partial charge is 0.312 e. The first-order valence-electron chi connectivity index (χ1n) is 14.9.